The van der Waals surface area contributed by atoms with E-state index in [0.29, 0.717) is 13.0 Å². The molecule has 1 rings (SSSR count). The molecule has 4 nitrogen and oxygen atoms in total. The molecule has 0 bridgehead atoms. The van der Waals surface area contributed by atoms with E-state index in [1.54, 1.807) is 19.0 Å². The van der Waals surface area contributed by atoms with Gasteiger partial charge >= 0.3 is 0 Å². The number of amides is 1. The molecular formula is C15H24N2O2. The van der Waals surface area contributed by atoms with E-state index in [1.165, 1.54) is 0 Å². The Morgan fingerprint density at radius 3 is 2.42 bits per heavy atom. The van der Waals surface area contributed by atoms with Gasteiger partial charge in [0.2, 0.25) is 5.91 Å². The van der Waals surface area contributed by atoms with Crippen LogP contribution in [0.2, 0.25) is 0 Å². The van der Waals surface area contributed by atoms with Crippen LogP contribution in [0.4, 0.5) is 5.69 Å². The molecule has 0 fully saturated rings. The van der Waals surface area contributed by atoms with E-state index in [1.807, 2.05) is 43.0 Å². The first-order valence-corrected chi connectivity index (χ1v) is 6.73. The van der Waals surface area contributed by atoms with Gasteiger partial charge in [-0.1, -0.05) is 25.1 Å². The summed E-state index contributed by atoms with van der Waals surface area (Å²) < 4.78 is 0. The lowest BCUT2D eigenvalue weighted by molar-refractivity contribution is -0.127. The average Bonchev–Trinajstić information content (AvgIpc) is 2.43. The van der Waals surface area contributed by atoms with Crippen molar-refractivity contribution in [3.63, 3.8) is 0 Å². The second-order valence-electron chi connectivity index (χ2n) is 4.79. The zero-order valence-corrected chi connectivity index (χ0v) is 12.3. The molecule has 19 heavy (non-hydrogen) atoms. The van der Waals surface area contributed by atoms with Gasteiger partial charge < -0.3 is 14.9 Å². The van der Waals surface area contributed by atoms with Gasteiger partial charge in [-0.3, -0.25) is 4.79 Å². The van der Waals surface area contributed by atoms with Gasteiger partial charge in [0.15, 0.2) is 0 Å². The maximum absolute atomic E-state index is 11.9. The number of likely N-dealkylation sites (N-methyl/N-ethyl adjacent to an activating group) is 2. The van der Waals surface area contributed by atoms with Crippen LogP contribution in [0, 0.1) is 0 Å². The van der Waals surface area contributed by atoms with Crippen molar-refractivity contribution < 1.29 is 9.90 Å². The molecular weight excluding hydrogens is 240 g/mol. The number of hydrogen-bond donors (Lipinski definition) is 1. The third-order valence-corrected chi connectivity index (χ3v) is 3.23. The molecule has 0 aliphatic heterocycles. The first kappa shape index (κ1) is 15.5. The normalized spacial score (nSPS) is 12.1. The second kappa shape index (κ2) is 7.14. The van der Waals surface area contributed by atoms with Crippen molar-refractivity contribution >= 4 is 11.6 Å². The van der Waals surface area contributed by atoms with E-state index in [-0.39, 0.29) is 5.91 Å². The number of benzene rings is 1. The first-order chi connectivity index (χ1) is 9.01. The Kier molecular flexibility index (Phi) is 5.83. The number of aliphatic hydroxyl groups is 1. The lowest BCUT2D eigenvalue weighted by Gasteiger charge is -2.27. The van der Waals surface area contributed by atoms with Crippen molar-refractivity contribution in [2.24, 2.45) is 0 Å². The van der Waals surface area contributed by atoms with Gasteiger partial charge in [0.05, 0.1) is 12.6 Å². The molecule has 0 saturated carbocycles. The van der Waals surface area contributed by atoms with Crippen LogP contribution in [0.15, 0.2) is 24.3 Å². The van der Waals surface area contributed by atoms with Gasteiger partial charge in [-0.2, -0.15) is 0 Å². The molecule has 1 aromatic carbocycles. The fourth-order valence-corrected chi connectivity index (χ4v) is 1.95. The first-order valence-electron chi connectivity index (χ1n) is 6.73. The maximum Gasteiger partial charge on any atom is 0.241 e. The molecule has 0 radical (unpaired) electrons. The summed E-state index contributed by atoms with van der Waals surface area (Å²) in [6.45, 7) is 5.02. The molecule has 0 heterocycles. The molecule has 0 unspecified atom stereocenters. The molecule has 106 valence electrons. The van der Waals surface area contributed by atoms with E-state index >= 15 is 0 Å². The van der Waals surface area contributed by atoms with Gasteiger partial charge in [0, 0.05) is 31.9 Å². The Morgan fingerprint density at radius 1 is 1.26 bits per heavy atom. The molecule has 4 heteroatoms. The summed E-state index contributed by atoms with van der Waals surface area (Å²) in [6.07, 6.45) is 0.177. The highest BCUT2D eigenvalue weighted by atomic mass is 16.3. The number of carbonyl (C=O) groups excluding carboxylic acids is 1. The highest BCUT2D eigenvalue weighted by Crippen LogP contribution is 2.27. The summed E-state index contributed by atoms with van der Waals surface area (Å²) in [5, 5.41) is 10.1. The minimum absolute atomic E-state index is 0.0580. The van der Waals surface area contributed by atoms with Gasteiger partial charge in [0.1, 0.15) is 0 Å². The molecule has 0 spiro atoms. The van der Waals surface area contributed by atoms with E-state index in [9.17, 15) is 9.90 Å². The minimum atomic E-state index is -0.486. The SMILES string of the molecule is CC[C@@H](O)c1ccccc1N(CC)CC(=O)N(C)C. The maximum atomic E-state index is 11.9. The minimum Gasteiger partial charge on any atom is -0.388 e. The third kappa shape index (κ3) is 3.96. The summed E-state index contributed by atoms with van der Waals surface area (Å²) >= 11 is 0. The van der Waals surface area contributed by atoms with Crippen molar-refractivity contribution in [3.8, 4) is 0 Å². The topological polar surface area (TPSA) is 43.8 Å². The highest BCUT2D eigenvalue weighted by Gasteiger charge is 2.17. The number of rotatable bonds is 6. The Labute approximate surface area is 115 Å². The van der Waals surface area contributed by atoms with Crippen LogP contribution in [-0.4, -0.2) is 43.1 Å². The number of anilines is 1. The third-order valence-electron chi connectivity index (χ3n) is 3.23. The van der Waals surface area contributed by atoms with Crippen molar-refractivity contribution in [3.05, 3.63) is 29.8 Å². The Balaban J connectivity index is 3.01. The van der Waals surface area contributed by atoms with Crippen LogP contribution in [-0.2, 0) is 4.79 Å². The number of para-hydroxylation sites is 1. The largest absolute Gasteiger partial charge is 0.388 e. The van der Waals surface area contributed by atoms with Crippen LogP contribution in [0.5, 0.6) is 0 Å². The molecule has 1 aromatic rings. The smallest absolute Gasteiger partial charge is 0.241 e. The van der Waals surface area contributed by atoms with E-state index in [4.69, 9.17) is 0 Å². The van der Waals surface area contributed by atoms with E-state index < -0.39 is 6.10 Å². The molecule has 0 saturated heterocycles. The predicted octanol–water partition coefficient (Wildman–Crippen LogP) is 2.04. The van der Waals surface area contributed by atoms with Crippen LogP contribution in [0.1, 0.15) is 31.9 Å². The van der Waals surface area contributed by atoms with Crippen molar-refractivity contribution in [1.82, 2.24) is 4.90 Å². The molecule has 0 aliphatic rings. The van der Waals surface area contributed by atoms with Crippen molar-refractivity contribution in [2.45, 2.75) is 26.4 Å². The average molecular weight is 264 g/mol. The number of carbonyl (C=O) groups is 1. The predicted molar refractivity (Wildman–Crippen MR) is 78.3 cm³/mol. The van der Waals surface area contributed by atoms with Crippen LogP contribution >= 0.6 is 0 Å². The lowest BCUT2D eigenvalue weighted by Crippen LogP contribution is -2.37. The molecule has 0 aromatic heterocycles. The summed E-state index contributed by atoms with van der Waals surface area (Å²) in [5.41, 5.74) is 1.83. The van der Waals surface area contributed by atoms with Gasteiger partial charge in [-0.15, -0.1) is 0 Å². The van der Waals surface area contributed by atoms with Crippen molar-refractivity contribution in [1.29, 1.82) is 0 Å². The standard InChI is InChI=1S/C15H24N2O2/c1-5-14(18)12-9-7-8-10-13(12)17(6-2)11-15(19)16(3)4/h7-10,14,18H,5-6,11H2,1-4H3/t14-/m1/s1. The fraction of sp³-hybridized carbons (Fsp3) is 0.533. The Morgan fingerprint density at radius 2 is 1.89 bits per heavy atom. The van der Waals surface area contributed by atoms with Crippen LogP contribution < -0.4 is 4.90 Å². The van der Waals surface area contributed by atoms with E-state index in [2.05, 4.69) is 0 Å². The van der Waals surface area contributed by atoms with Crippen molar-refractivity contribution in [2.75, 3.05) is 32.1 Å². The van der Waals surface area contributed by atoms with E-state index in [0.717, 1.165) is 17.8 Å². The molecule has 1 N–H and O–H groups in total. The molecule has 1 atom stereocenters. The number of nitrogens with zero attached hydrogens (tertiary/aromatic N) is 2. The van der Waals surface area contributed by atoms with Crippen LogP contribution in [0.25, 0.3) is 0 Å². The van der Waals surface area contributed by atoms with Gasteiger partial charge in [-0.25, -0.2) is 0 Å². The van der Waals surface area contributed by atoms with Gasteiger partial charge in [0.25, 0.3) is 0 Å². The Bertz CT molecular complexity index is 418. The zero-order valence-electron chi connectivity index (χ0n) is 12.3. The second-order valence-corrected chi connectivity index (χ2v) is 4.79. The molecule has 0 aliphatic carbocycles. The summed E-state index contributed by atoms with van der Waals surface area (Å²) in [6, 6.07) is 7.73. The number of hydrogen-bond acceptors (Lipinski definition) is 3. The summed E-state index contributed by atoms with van der Waals surface area (Å²) in [7, 11) is 3.51. The van der Waals surface area contributed by atoms with Gasteiger partial charge in [-0.05, 0) is 19.4 Å². The monoisotopic (exact) mass is 264 g/mol. The Hall–Kier alpha value is -1.55. The highest BCUT2D eigenvalue weighted by molar-refractivity contribution is 5.81. The van der Waals surface area contributed by atoms with Crippen LogP contribution in [0.3, 0.4) is 0 Å². The zero-order chi connectivity index (χ0) is 14.4. The quantitative estimate of drug-likeness (QED) is 0.855. The number of aliphatic hydroxyl groups excluding tert-OH is 1. The fourth-order valence-electron chi connectivity index (χ4n) is 1.95. The lowest BCUT2D eigenvalue weighted by atomic mass is 10.0. The summed E-state index contributed by atoms with van der Waals surface area (Å²) in [4.78, 5) is 15.4. The summed E-state index contributed by atoms with van der Waals surface area (Å²) in [5.74, 6) is 0.0580. The molecule has 1 amide bonds.